The van der Waals surface area contributed by atoms with Crippen LogP contribution >= 0.6 is 23.4 Å². The van der Waals surface area contributed by atoms with Crippen LogP contribution in [0.4, 0.5) is 0 Å². The maximum atomic E-state index is 12.6. The number of nitrogens with zero attached hydrogens (tertiary/aromatic N) is 1. The van der Waals surface area contributed by atoms with Gasteiger partial charge in [0.05, 0.1) is 10.6 Å². The van der Waals surface area contributed by atoms with Crippen molar-refractivity contribution in [3.05, 3.63) is 29.8 Å². The van der Waals surface area contributed by atoms with Gasteiger partial charge in [0.15, 0.2) is 0 Å². The van der Waals surface area contributed by atoms with Crippen molar-refractivity contribution in [3.63, 3.8) is 0 Å². The van der Waals surface area contributed by atoms with E-state index in [4.69, 9.17) is 11.6 Å². The summed E-state index contributed by atoms with van der Waals surface area (Å²) in [5.74, 6) is 0.776. The second-order valence-electron chi connectivity index (χ2n) is 5.48. The smallest absolute Gasteiger partial charge is 0.236 e. The predicted octanol–water partition coefficient (Wildman–Crippen LogP) is 3.18. The van der Waals surface area contributed by atoms with E-state index < -0.39 is 0 Å². The average Bonchev–Trinajstić information content (AvgIpc) is 2.85. The summed E-state index contributed by atoms with van der Waals surface area (Å²) in [5.41, 5.74) is 1.30. The van der Waals surface area contributed by atoms with Crippen LogP contribution in [0.2, 0.25) is 0 Å². The van der Waals surface area contributed by atoms with Crippen molar-refractivity contribution in [1.82, 2.24) is 4.90 Å². The van der Waals surface area contributed by atoms with E-state index in [2.05, 4.69) is 19.1 Å². The SMILES string of the molecule is CC1CCN(C(=O)C2Cc3ccccc3S2)CC1Cl. The summed E-state index contributed by atoms with van der Waals surface area (Å²) in [4.78, 5) is 15.8. The molecule has 0 aromatic heterocycles. The van der Waals surface area contributed by atoms with E-state index >= 15 is 0 Å². The number of thioether (sulfide) groups is 1. The predicted molar refractivity (Wildman–Crippen MR) is 79.8 cm³/mol. The van der Waals surface area contributed by atoms with E-state index in [0.717, 1.165) is 19.4 Å². The molecular weight excluding hydrogens is 278 g/mol. The highest BCUT2D eigenvalue weighted by Crippen LogP contribution is 2.38. The van der Waals surface area contributed by atoms with Crippen molar-refractivity contribution in [3.8, 4) is 0 Å². The lowest BCUT2D eigenvalue weighted by molar-refractivity contribution is -0.131. The second-order valence-corrected chi connectivity index (χ2v) is 7.29. The first kappa shape index (κ1) is 13.3. The Kier molecular flexibility index (Phi) is 3.77. The number of alkyl halides is 1. The standard InChI is InChI=1S/C15H18ClNOS/c1-10-6-7-17(9-12(10)16)15(18)14-8-11-4-2-3-5-13(11)19-14/h2-5,10,12,14H,6-9H2,1H3. The van der Waals surface area contributed by atoms with Crippen LogP contribution in [0.3, 0.4) is 0 Å². The van der Waals surface area contributed by atoms with Crippen LogP contribution in [0.25, 0.3) is 0 Å². The Balaban J connectivity index is 1.67. The Bertz CT molecular complexity index is 468. The highest BCUT2D eigenvalue weighted by atomic mass is 35.5. The molecule has 0 N–H and O–H groups in total. The Hall–Kier alpha value is -0.670. The second kappa shape index (κ2) is 5.37. The highest BCUT2D eigenvalue weighted by Gasteiger charge is 2.34. The van der Waals surface area contributed by atoms with Gasteiger partial charge in [0, 0.05) is 18.0 Å². The fourth-order valence-corrected chi connectivity index (χ4v) is 4.32. The fraction of sp³-hybridized carbons (Fsp3) is 0.533. The van der Waals surface area contributed by atoms with E-state index in [1.807, 2.05) is 17.0 Å². The van der Waals surface area contributed by atoms with Gasteiger partial charge in [-0.15, -0.1) is 23.4 Å². The maximum absolute atomic E-state index is 12.6. The number of benzene rings is 1. The summed E-state index contributed by atoms with van der Waals surface area (Å²) >= 11 is 8.01. The normalized spacial score (nSPS) is 30.2. The van der Waals surface area contributed by atoms with Gasteiger partial charge < -0.3 is 4.90 Å². The molecule has 0 saturated carbocycles. The van der Waals surface area contributed by atoms with Gasteiger partial charge in [-0.3, -0.25) is 4.79 Å². The molecule has 1 amide bonds. The van der Waals surface area contributed by atoms with Gasteiger partial charge in [0.1, 0.15) is 0 Å². The Morgan fingerprint density at radius 2 is 2.21 bits per heavy atom. The molecule has 102 valence electrons. The third kappa shape index (κ3) is 2.63. The zero-order valence-electron chi connectivity index (χ0n) is 11.0. The van der Waals surface area contributed by atoms with E-state index in [1.165, 1.54) is 10.5 Å². The molecular formula is C15H18ClNOS. The number of amides is 1. The molecule has 1 fully saturated rings. The van der Waals surface area contributed by atoms with Crippen LogP contribution in [0, 0.1) is 5.92 Å². The molecule has 2 aliphatic heterocycles. The minimum Gasteiger partial charge on any atom is -0.340 e. The third-order valence-electron chi connectivity index (χ3n) is 4.10. The monoisotopic (exact) mass is 295 g/mol. The molecule has 19 heavy (non-hydrogen) atoms. The number of halogens is 1. The van der Waals surface area contributed by atoms with Crippen molar-refractivity contribution in [2.45, 2.75) is 35.3 Å². The maximum Gasteiger partial charge on any atom is 0.236 e. The van der Waals surface area contributed by atoms with Gasteiger partial charge in [-0.2, -0.15) is 0 Å². The molecule has 0 radical (unpaired) electrons. The minimum absolute atomic E-state index is 0.0506. The van der Waals surface area contributed by atoms with Gasteiger partial charge in [-0.25, -0.2) is 0 Å². The highest BCUT2D eigenvalue weighted by molar-refractivity contribution is 8.01. The first-order valence-corrected chi connectivity index (χ1v) is 8.14. The van der Waals surface area contributed by atoms with Crippen LogP contribution < -0.4 is 0 Å². The lowest BCUT2D eigenvalue weighted by atomic mass is 9.98. The van der Waals surface area contributed by atoms with E-state index in [0.29, 0.717) is 12.5 Å². The molecule has 0 bridgehead atoms. The largest absolute Gasteiger partial charge is 0.340 e. The van der Waals surface area contributed by atoms with Crippen molar-refractivity contribution < 1.29 is 4.79 Å². The molecule has 3 unspecified atom stereocenters. The fourth-order valence-electron chi connectivity index (χ4n) is 2.75. The number of hydrogen-bond donors (Lipinski definition) is 0. The van der Waals surface area contributed by atoms with Crippen LogP contribution in [0.5, 0.6) is 0 Å². The molecule has 4 heteroatoms. The summed E-state index contributed by atoms with van der Waals surface area (Å²) in [7, 11) is 0. The molecule has 2 aliphatic rings. The van der Waals surface area contributed by atoms with Gasteiger partial charge >= 0.3 is 0 Å². The quantitative estimate of drug-likeness (QED) is 0.742. The first-order chi connectivity index (χ1) is 9.15. The van der Waals surface area contributed by atoms with Crippen LogP contribution in [0.15, 0.2) is 29.2 Å². The van der Waals surface area contributed by atoms with Crippen molar-refractivity contribution in [1.29, 1.82) is 0 Å². The first-order valence-electron chi connectivity index (χ1n) is 6.82. The van der Waals surface area contributed by atoms with Gasteiger partial charge in [-0.05, 0) is 30.4 Å². The average molecular weight is 296 g/mol. The Morgan fingerprint density at radius 1 is 1.42 bits per heavy atom. The molecule has 2 heterocycles. The Labute approximate surface area is 123 Å². The van der Waals surface area contributed by atoms with Crippen LogP contribution in [0.1, 0.15) is 18.9 Å². The summed E-state index contributed by atoms with van der Waals surface area (Å²) in [6.45, 7) is 3.73. The van der Waals surface area contributed by atoms with Crippen LogP contribution in [-0.2, 0) is 11.2 Å². The lowest BCUT2D eigenvalue weighted by Gasteiger charge is -2.35. The van der Waals surface area contributed by atoms with E-state index in [1.54, 1.807) is 11.8 Å². The van der Waals surface area contributed by atoms with Gasteiger partial charge in [0.2, 0.25) is 5.91 Å². The molecule has 3 atom stereocenters. The van der Waals surface area contributed by atoms with Crippen molar-refractivity contribution in [2.24, 2.45) is 5.92 Å². The van der Waals surface area contributed by atoms with E-state index in [-0.39, 0.29) is 16.5 Å². The number of likely N-dealkylation sites (tertiary alicyclic amines) is 1. The van der Waals surface area contributed by atoms with Gasteiger partial charge in [0.25, 0.3) is 0 Å². The third-order valence-corrected chi connectivity index (χ3v) is 5.97. The number of fused-ring (bicyclic) bond motifs is 1. The molecule has 1 aromatic rings. The molecule has 3 rings (SSSR count). The van der Waals surface area contributed by atoms with E-state index in [9.17, 15) is 4.79 Å². The van der Waals surface area contributed by atoms with Gasteiger partial charge in [-0.1, -0.05) is 25.1 Å². The zero-order valence-corrected chi connectivity index (χ0v) is 12.6. The molecule has 1 saturated heterocycles. The summed E-state index contributed by atoms with van der Waals surface area (Å²) in [6.07, 6.45) is 1.88. The zero-order chi connectivity index (χ0) is 13.4. The number of hydrogen-bond acceptors (Lipinski definition) is 2. The number of rotatable bonds is 1. The summed E-state index contributed by atoms with van der Waals surface area (Å²) < 4.78 is 0. The molecule has 2 nitrogen and oxygen atoms in total. The number of carbonyl (C=O) groups excluding carboxylic acids is 1. The summed E-state index contributed by atoms with van der Waals surface area (Å²) in [6, 6.07) is 8.31. The number of carbonyl (C=O) groups is 1. The summed E-state index contributed by atoms with van der Waals surface area (Å²) in [5, 5.41) is 0.154. The van der Waals surface area contributed by atoms with Crippen LogP contribution in [-0.4, -0.2) is 34.5 Å². The minimum atomic E-state index is 0.0506. The number of piperidine rings is 1. The molecule has 0 spiro atoms. The van der Waals surface area contributed by atoms with Crippen molar-refractivity contribution in [2.75, 3.05) is 13.1 Å². The molecule has 0 aliphatic carbocycles. The molecule has 1 aromatic carbocycles. The lowest BCUT2D eigenvalue weighted by Crippen LogP contribution is -2.47. The Morgan fingerprint density at radius 3 is 2.95 bits per heavy atom. The topological polar surface area (TPSA) is 20.3 Å². The van der Waals surface area contributed by atoms with Crippen molar-refractivity contribution >= 4 is 29.3 Å².